The van der Waals surface area contributed by atoms with Crippen LogP contribution in [0.15, 0.2) is 18.2 Å². The van der Waals surface area contributed by atoms with Crippen molar-refractivity contribution in [3.05, 3.63) is 34.3 Å². The number of hydrogen-bond acceptors (Lipinski definition) is 2. The third-order valence-electron chi connectivity index (χ3n) is 3.34. The molecule has 1 aromatic rings. The van der Waals surface area contributed by atoms with Crippen LogP contribution in [0.4, 0.5) is 0 Å². The van der Waals surface area contributed by atoms with Gasteiger partial charge in [-0.25, -0.2) is 0 Å². The van der Waals surface area contributed by atoms with Gasteiger partial charge in [-0.1, -0.05) is 23.7 Å². The molecule has 3 heteroatoms. The van der Waals surface area contributed by atoms with E-state index in [2.05, 4.69) is 23.5 Å². The third kappa shape index (κ3) is 3.70. The molecule has 1 atom stereocenters. The lowest BCUT2D eigenvalue weighted by Gasteiger charge is -2.22. The maximum absolute atomic E-state index is 6.23. The number of methoxy groups -OCH3 is 1. The number of halogens is 1. The van der Waals surface area contributed by atoms with E-state index in [9.17, 15) is 0 Å². The van der Waals surface area contributed by atoms with Gasteiger partial charge >= 0.3 is 0 Å². The van der Waals surface area contributed by atoms with Crippen molar-refractivity contribution < 1.29 is 4.74 Å². The minimum atomic E-state index is 0.587. The second-order valence-electron chi connectivity index (χ2n) is 4.78. The molecule has 2 rings (SSSR count). The first-order chi connectivity index (χ1) is 8.29. The second-order valence-corrected chi connectivity index (χ2v) is 5.18. The molecule has 1 heterocycles. The van der Waals surface area contributed by atoms with Crippen molar-refractivity contribution in [1.29, 1.82) is 0 Å². The number of hydrogen-bond donors (Lipinski definition) is 1. The van der Waals surface area contributed by atoms with Crippen molar-refractivity contribution in [1.82, 2.24) is 5.32 Å². The summed E-state index contributed by atoms with van der Waals surface area (Å²) in [6, 6.07) is 6.34. The molecule has 0 aromatic heterocycles. The minimum Gasteiger partial charge on any atom is -0.380 e. The Morgan fingerprint density at radius 1 is 1.47 bits per heavy atom. The van der Waals surface area contributed by atoms with Crippen LogP contribution in [0.25, 0.3) is 0 Å². The van der Waals surface area contributed by atoms with Crippen molar-refractivity contribution in [2.24, 2.45) is 5.92 Å². The molecule has 0 amide bonds. The summed E-state index contributed by atoms with van der Waals surface area (Å²) in [7, 11) is 1.69. The maximum atomic E-state index is 6.23. The second kappa shape index (κ2) is 6.39. The van der Waals surface area contributed by atoms with Crippen LogP contribution in [0.5, 0.6) is 0 Å². The molecule has 0 bridgehead atoms. The predicted octanol–water partition coefficient (Wildman–Crippen LogP) is 3.03. The summed E-state index contributed by atoms with van der Waals surface area (Å²) in [5.41, 5.74) is 2.41. The Hall–Kier alpha value is -0.570. The van der Waals surface area contributed by atoms with Crippen LogP contribution < -0.4 is 5.32 Å². The summed E-state index contributed by atoms with van der Waals surface area (Å²) >= 11 is 6.23. The van der Waals surface area contributed by atoms with Crippen molar-refractivity contribution in [2.45, 2.75) is 25.9 Å². The molecule has 0 radical (unpaired) electrons. The van der Waals surface area contributed by atoms with Gasteiger partial charge in [-0.05, 0) is 55.5 Å². The summed E-state index contributed by atoms with van der Waals surface area (Å²) in [5, 5.41) is 4.28. The van der Waals surface area contributed by atoms with Crippen LogP contribution in [0.3, 0.4) is 0 Å². The van der Waals surface area contributed by atoms with E-state index < -0.39 is 0 Å². The van der Waals surface area contributed by atoms with E-state index in [0.717, 1.165) is 29.5 Å². The van der Waals surface area contributed by atoms with Crippen molar-refractivity contribution >= 4 is 11.6 Å². The predicted molar refractivity (Wildman–Crippen MR) is 71.5 cm³/mol. The normalized spacial score (nSPS) is 20.5. The first-order valence-corrected chi connectivity index (χ1v) is 6.64. The van der Waals surface area contributed by atoms with Crippen LogP contribution in [-0.2, 0) is 17.8 Å². The first-order valence-electron chi connectivity index (χ1n) is 6.26. The van der Waals surface area contributed by atoms with Gasteiger partial charge in [-0.2, -0.15) is 0 Å². The van der Waals surface area contributed by atoms with Gasteiger partial charge < -0.3 is 10.1 Å². The number of benzene rings is 1. The number of ether oxygens (including phenoxy) is 1. The van der Waals surface area contributed by atoms with Gasteiger partial charge in [0.15, 0.2) is 0 Å². The number of rotatable bonds is 4. The molecular weight excluding hydrogens is 234 g/mol. The molecule has 0 saturated carbocycles. The Morgan fingerprint density at radius 3 is 3.00 bits per heavy atom. The van der Waals surface area contributed by atoms with Gasteiger partial charge in [0.2, 0.25) is 0 Å². The molecular formula is C14H20ClNO. The van der Waals surface area contributed by atoms with E-state index in [-0.39, 0.29) is 0 Å². The molecule has 1 aliphatic heterocycles. The Balaban J connectivity index is 1.98. The zero-order valence-corrected chi connectivity index (χ0v) is 11.1. The van der Waals surface area contributed by atoms with E-state index in [1.54, 1.807) is 7.11 Å². The molecule has 1 aromatic carbocycles. The zero-order valence-electron chi connectivity index (χ0n) is 10.3. The van der Waals surface area contributed by atoms with Gasteiger partial charge in [0.25, 0.3) is 0 Å². The van der Waals surface area contributed by atoms with E-state index in [4.69, 9.17) is 16.3 Å². The van der Waals surface area contributed by atoms with Crippen LogP contribution in [0.2, 0.25) is 5.02 Å². The topological polar surface area (TPSA) is 21.3 Å². The summed E-state index contributed by atoms with van der Waals surface area (Å²) in [6.07, 6.45) is 3.74. The lowest BCUT2D eigenvalue weighted by molar-refractivity contribution is 0.185. The van der Waals surface area contributed by atoms with Crippen molar-refractivity contribution in [3.8, 4) is 0 Å². The molecule has 94 valence electrons. The minimum absolute atomic E-state index is 0.587. The van der Waals surface area contributed by atoms with Crippen molar-refractivity contribution in [2.75, 3.05) is 20.2 Å². The Morgan fingerprint density at radius 2 is 2.35 bits per heavy atom. The molecule has 1 unspecified atom stereocenters. The fourth-order valence-electron chi connectivity index (χ4n) is 2.42. The molecule has 1 aliphatic rings. The molecule has 0 spiro atoms. The Labute approximate surface area is 108 Å². The van der Waals surface area contributed by atoms with Gasteiger partial charge in [-0.3, -0.25) is 0 Å². The van der Waals surface area contributed by atoms with E-state index in [0.29, 0.717) is 6.61 Å². The summed E-state index contributed by atoms with van der Waals surface area (Å²) in [5.74, 6) is 0.757. The lowest BCUT2D eigenvalue weighted by atomic mass is 9.92. The quantitative estimate of drug-likeness (QED) is 0.891. The average molecular weight is 254 g/mol. The Bertz CT molecular complexity index is 361. The summed E-state index contributed by atoms with van der Waals surface area (Å²) in [4.78, 5) is 0. The highest BCUT2D eigenvalue weighted by atomic mass is 35.5. The van der Waals surface area contributed by atoms with E-state index in [1.165, 1.54) is 24.9 Å². The molecule has 2 nitrogen and oxygen atoms in total. The number of nitrogens with one attached hydrogen (secondary N) is 1. The highest BCUT2D eigenvalue weighted by Crippen LogP contribution is 2.22. The van der Waals surface area contributed by atoms with Gasteiger partial charge in [0.1, 0.15) is 0 Å². The average Bonchev–Trinajstić information content (AvgIpc) is 2.34. The van der Waals surface area contributed by atoms with E-state index in [1.807, 2.05) is 0 Å². The largest absolute Gasteiger partial charge is 0.380 e. The molecule has 1 N–H and O–H groups in total. The van der Waals surface area contributed by atoms with Crippen LogP contribution >= 0.6 is 11.6 Å². The van der Waals surface area contributed by atoms with Gasteiger partial charge in [0, 0.05) is 12.1 Å². The highest BCUT2D eigenvalue weighted by molar-refractivity contribution is 6.31. The van der Waals surface area contributed by atoms with E-state index >= 15 is 0 Å². The summed E-state index contributed by atoms with van der Waals surface area (Å²) in [6.45, 7) is 2.89. The molecule has 1 fully saturated rings. The summed E-state index contributed by atoms with van der Waals surface area (Å²) < 4.78 is 5.10. The Kier molecular flexibility index (Phi) is 4.84. The lowest BCUT2D eigenvalue weighted by Crippen LogP contribution is -2.30. The highest BCUT2D eigenvalue weighted by Gasteiger charge is 2.13. The van der Waals surface area contributed by atoms with Gasteiger partial charge in [-0.15, -0.1) is 0 Å². The SMILES string of the molecule is COCc1ccc(CC2CCCNC2)cc1Cl. The fraction of sp³-hybridized carbons (Fsp3) is 0.571. The monoisotopic (exact) mass is 253 g/mol. The maximum Gasteiger partial charge on any atom is 0.0727 e. The zero-order chi connectivity index (χ0) is 12.1. The van der Waals surface area contributed by atoms with Crippen LogP contribution in [0.1, 0.15) is 24.0 Å². The molecule has 17 heavy (non-hydrogen) atoms. The number of piperidine rings is 1. The molecule has 1 saturated heterocycles. The third-order valence-corrected chi connectivity index (χ3v) is 3.69. The van der Waals surface area contributed by atoms with Crippen LogP contribution in [0, 0.1) is 5.92 Å². The molecule has 0 aliphatic carbocycles. The standard InChI is InChI=1S/C14H20ClNO/c1-17-10-13-5-4-11(8-14(13)15)7-12-3-2-6-16-9-12/h4-5,8,12,16H,2-3,6-7,9-10H2,1H3. The van der Waals surface area contributed by atoms with Crippen LogP contribution in [-0.4, -0.2) is 20.2 Å². The van der Waals surface area contributed by atoms with Gasteiger partial charge in [0.05, 0.1) is 6.61 Å². The first kappa shape index (κ1) is 12.9. The van der Waals surface area contributed by atoms with Crippen molar-refractivity contribution in [3.63, 3.8) is 0 Å². The fourth-order valence-corrected chi connectivity index (χ4v) is 2.68. The smallest absolute Gasteiger partial charge is 0.0727 e.